The van der Waals surface area contributed by atoms with Gasteiger partial charge < -0.3 is 10.2 Å². The molecule has 2 heterocycles. The van der Waals surface area contributed by atoms with Gasteiger partial charge in [0.15, 0.2) is 0 Å². The highest BCUT2D eigenvalue weighted by Crippen LogP contribution is 2.25. The Kier molecular flexibility index (Phi) is 4.54. The summed E-state index contributed by atoms with van der Waals surface area (Å²) in [6.07, 6.45) is 4.54. The monoisotopic (exact) mass is 253 g/mol. The van der Waals surface area contributed by atoms with E-state index in [1.54, 1.807) is 0 Å². The Hall–Kier alpha value is -0.450. The molecule has 0 amide bonds. The summed E-state index contributed by atoms with van der Waals surface area (Å²) in [6.45, 7) is 8.15. The summed E-state index contributed by atoms with van der Waals surface area (Å²) in [5.41, 5.74) is 0. The van der Waals surface area contributed by atoms with Crippen LogP contribution in [0.4, 0.5) is 0 Å². The molecule has 0 bridgehead atoms. The molecule has 3 nitrogen and oxygen atoms in total. The zero-order valence-electron chi connectivity index (χ0n) is 11.1. The fourth-order valence-corrected chi connectivity index (χ4v) is 3.47. The molecule has 0 radical (unpaired) electrons. The molecule has 2 unspecified atom stereocenters. The quantitative estimate of drug-likeness (QED) is 0.873. The van der Waals surface area contributed by atoms with Crippen LogP contribution in [0.3, 0.4) is 0 Å². The highest BCUT2D eigenvalue weighted by Gasteiger charge is 2.22. The maximum Gasteiger partial charge on any atom is 0.0931 e. The normalized spacial score (nSPS) is 23.1. The first kappa shape index (κ1) is 13.0. The van der Waals surface area contributed by atoms with E-state index in [0.717, 1.165) is 12.3 Å². The smallest absolute Gasteiger partial charge is 0.0931 e. The van der Waals surface area contributed by atoms with Crippen molar-refractivity contribution in [1.82, 2.24) is 15.2 Å². The van der Waals surface area contributed by atoms with Gasteiger partial charge in [-0.3, -0.25) is 0 Å². The van der Waals surface area contributed by atoms with E-state index in [2.05, 4.69) is 29.0 Å². The van der Waals surface area contributed by atoms with Crippen LogP contribution in [0.1, 0.15) is 36.2 Å². The maximum absolute atomic E-state index is 4.56. The summed E-state index contributed by atoms with van der Waals surface area (Å²) in [7, 11) is 2.00. The molecule has 0 saturated carbocycles. The molecular formula is C13H23N3S. The minimum atomic E-state index is 0.428. The van der Waals surface area contributed by atoms with Gasteiger partial charge in [-0.25, -0.2) is 4.98 Å². The highest BCUT2D eigenvalue weighted by molar-refractivity contribution is 7.11. The molecule has 0 spiro atoms. The first-order chi connectivity index (χ1) is 8.22. The van der Waals surface area contributed by atoms with Crippen molar-refractivity contribution in [3.8, 4) is 0 Å². The molecule has 1 fully saturated rings. The lowest BCUT2D eigenvalue weighted by Crippen LogP contribution is -2.20. The van der Waals surface area contributed by atoms with Gasteiger partial charge in [-0.15, -0.1) is 11.3 Å². The highest BCUT2D eigenvalue weighted by atomic mass is 32.1. The second-order valence-corrected chi connectivity index (χ2v) is 6.07. The van der Waals surface area contributed by atoms with E-state index in [1.807, 2.05) is 24.6 Å². The Morgan fingerprint density at radius 1 is 1.65 bits per heavy atom. The fraction of sp³-hybridized carbons (Fsp3) is 0.769. The number of nitrogens with one attached hydrogen (secondary N) is 1. The van der Waals surface area contributed by atoms with Gasteiger partial charge in [-0.1, -0.05) is 6.92 Å². The molecule has 17 heavy (non-hydrogen) atoms. The number of thiazole rings is 1. The third-order valence-corrected chi connectivity index (χ3v) is 4.91. The van der Waals surface area contributed by atoms with Crippen LogP contribution in [0.25, 0.3) is 0 Å². The molecular weight excluding hydrogens is 230 g/mol. The van der Waals surface area contributed by atoms with Crippen LogP contribution in [0.5, 0.6) is 0 Å². The van der Waals surface area contributed by atoms with Crippen LogP contribution in [0.2, 0.25) is 0 Å². The summed E-state index contributed by atoms with van der Waals surface area (Å²) in [6, 6.07) is 0.428. The average molecular weight is 253 g/mol. The van der Waals surface area contributed by atoms with Crippen molar-refractivity contribution in [3.63, 3.8) is 0 Å². The number of rotatable bonds is 5. The van der Waals surface area contributed by atoms with Crippen molar-refractivity contribution in [2.75, 3.05) is 26.7 Å². The Morgan fingerprint density at radius 2 is 2.47 bits per heavy atom. The van der Waals surface area contributed by atoms with Crippen molar-refractivity contribution < 1.29 is 0 Å². The molecule has 1 saturated heterocycles. The van der Waals surface area contributed by atoms with E-state index in [-0.39, 0.29) is 0 Å². The lowest BCUT2D eigenvalue weighted by molar-refractivity contribution is 0.342. The maximum atomic E-state index is 4.56. The molecule has 0 aromatic carbocycles. The summed E-state index contributed by atoms with van der Waals surface area (Å²) < 4.78 is 0. The van der Waals surface area contributed by atoms with Crippen LogP contribution in [-0.2, 0) is 6.42 Å². The van der Waals surface area contributed by atoms with Crippen LogP contribution in [0.15, 0.2) is 6.20 Å². The molecule has 1 aliphatic heterocycles. The van der Waals surface area contributed by atoms with Crippen molar-refractivity contribution in [2.24, 2.45) is 5.92 Å². The lowest BCUT2D eigenvalue weighted by Gasteiger charge is -2.11. The fourth-order valence-electron chi connectivity index (χ4n) is 2.37. The minimum Gasteiger partial charge on any atom is -0.312 e. The molecule has 96 valence electrons. The van der Waals surface area contributed by atoms with Gasteiger partial charge in [0.05, 0.1) is 5.01 Å². The van der Waals surface area contributed by atoms with Crippen molar-refractivity contribution in [3.05, 3.63) is 16.1 Å². The first-order valence-corrected chi connectivity index (χ1v) is 7.38. The largest absolute Gasteiger partial charge is 0.312 e. The van der Waals surface area contributed by atoms with Crippen LogP contribution >= 0.6 is 11.3 Å². The Bertz CT molecular complexity index is 350. The summed E-state index contributed by atoms with van der Waals surface area (Å²) >= 11 is 1.87. The predicted molar refractivity (Wildman–Crippen MR) is 73.5 cm³/mol. The number of likely N-dealkylation sites (tertiary alicyclic amines) is 1. The topological polar surface area (TPSA) is 28.2 Å². The Morgan fingerprint density at radius 3 is 3.12 bits per heavy atom. The average Bonchev–Trinajstić information content (AvgIpc) is 2.97. The lowest BCUT2D eigenvalue weighted by atomic mass is 10.1. The Labute approximate surface area is 108 Å². The van der Waals surface area contributed by atoms with E-state index in [9.17, 15) is 0 Å². The van der Waals surface area contributed by atoms with E-state index >= 15 is 0 Å². The molecule has 1 aliphatic rings. The standard InChI is InChI=1S/C13H23N3S/c1-4-16-6-5-11(9-16)7-13-15-8-12(17-13)10(2)14-3/h8,10-11,14H,4-7,9H2,1-3H3. The molecule has 0 aliphatic carbocycles. The van der Waals surface area contributed by atoms with E-state index in [1.165, 1.54) is 35.9 Å². The summed E-state index contributed by atoms with van der Waals surface area (Å²) in [5.74, 6) is 0.818. The van der Waals surface area contributed by atoms with Crippen LogP contribution < -0.4 is 5.32 Å². The molecule has 4 heteroatoms. The number of hydrogen-bond acceptors (Lipinski definition) is 4. The molecule has 1 aromatic heterocycles. The third-order valence-electron chi connectivity index (χ3n) is 3.71. The molecule has 1 N–H and O–H groups in total. The van der Waals surface area contributed by atoms with E-state index in [4.69, 9.17) is 0 Å². The second-order valence-electron chi connectivity index (χ2n) is 4.92. The first-order valence-electron chi connectivity index (χ1n) is 6.57. The van der Waals surface area contributed by atoms with Crippen LogP contribution in [0, 0.1) is 5.92 Å². The van der Waals surface area contributed by atoms with Gasteiger partial charge in [0, 0.05) is 30.1 Å². The van der Waals surface area contributed by atoms with Gasteiger partial charge in [0.1, 0.15) is 0 Å². The van der Waals surface area contributed by atoms with Crippen molar-refractivity contribution in [1.29, 1.82) is 0 Å². The summed E-state index contributed by atoms with van der Waals surface area (Å²) in [5, 5.41) is 4.58. The van der Waals surface area contributed by atoms with Crippen LogP contribution in [-0.4, -0.2) is 36.6 Å². The van der Waals surface area contributed by atoms with Gasteiger partial charge in [-0.05, 0) is 39.4 Å². The Balaban J connectivity index is 1.89. The number of hydrogen-bond donors (Lipinski definition) is 1. The minimum absolute atomic E-state index is 0.428. The van der Waals surface area contributed by atoms with Crippen molar-refractivity contribution in [2.45, 2.75) is 32.7 Å². The van der Waals surface area contributed by atoms with E-state index in [0.29, 0.717) is 6.04 Å². The van der Waals surface area contributed by atoms with E-state index < -0.39 is 0 Å². The zero-order valence-corrected chi connectivity index (χ0v) is 11.9. The predicted octanol–water partition coefficient (Wildman–Crippen LogP) is 2.31. The third kappa shape index (κ3) is 3.27. The van der Waals surface area contributed by atoms with Crippen molar-refractivity contribution >= 4 is 11.3 Å². The van der Waals surface area contributed by atoms with Gasteiger partial charge in [0.25, 0.3) is 0 Å². The van der Waals surface area contributed by atoms with Gasteiger partial charge >= 0.3 is 0 Å². The molecule has 2 rings (SSSR count). The zero-order chi connectivity index (χ0) is 12.3. The number of nitrogens with zero attached hydrogens (tertiary/aromatic N) is 2. The number of aromatic nitrogens is 1. The second kappa shape index (κ2) is 5.94. The van der Waals surface area contributed by atoms with Gasteiger partial charge in [0.2, 0.25) is 0 Å². The SMILES string of the molecule is CCN1CCC(Cc2ncc(C(C)NC)s2)C1. The van der Waals surface area contributed by atoms with Gasteiger partial charge in [-0.2, -0.15) is 0 Å². The molecule has 1 aromatic rings. The summed E-state index contributed by atoms with van der Waals surface area (Å²) in [4.78, 5) is 8.45. The molecule has 2 atom stereocenters.